The van der Waals surface area contributed by atoms with Crippen molar-refractivity contribution in [3.8, 4) is 0 Å². The molecule has 3 nitrogen and oxygen atoms in total. The van der Waals surface area contributed by atoms with E-state index in [4.69, 9.17) is 5.73 Å². The van der Waals surface area contributed by atoms with Gasteiger partial charge in [0.1, 0.15) is 0 Å². The molecule has 3 aliphatic carbocycles. The van der Waals surface area contributed by atoms with Gasteiger partial charge in [-0.25, -0.2) is 0 Å². The monoisotopic (exact) mass is 314 g/mol. The Balaban J connectivity index is 0.00000161. The molecule has 3 saturated carbocycles. The molecule has 122 valence electrons. The van der Waals surface area contributed by atoms with E-state index >= 15 is 0 Å². The van der Waals surface area contributed by atoms with Crippen molar-refractivity contribution in [2.24, 2.45) is 34.3 Å². The fraction of sp³-hybridized carbons (Fsp3) is 0.941. The number of carbonyl (C=O) groups is 1. The van der Waals surface area contributed by atoms with Crippen LogP contribution in [-0.2, 0) is 4.79 Å². The maximum absolute atomic E-state index is 12.6. The zero-order chi connectivity index (χ0) is 14.5. The molecule has 0 heterocycles. The van der Waals surface area contributed by atoms with Crippen molar-refractivity contribution < 1.29 is 4.79 Å². The van der Waals surface area contributed by atoms with Gasteiger partial charge in [0.05, 0.1) is 0 Å². The third-order valence-corrected chi connectivity index (χ3v) is 7.41. The highest BCUT2D eigenvalue weighted by molar-refractivity contribution is 5.85. The molecule has 3 N–H and O–H groups in total. The summed E-state index contributed by atoms with van der Waals surface area (Å²) in [6, 6.07) is 0.378. The first-order chi connectivity index (χ1) is 9.40. The highest BCUT2D eigenvalue weighted by Crippen LogP contribution is 2.65. The van der Waals surface area contributed by atoms with Crippen LogP contribution in [0.5, 0.6) is 0 Å². The van der Waals surface area contributed by atoms with E-state index in [1.165, 1.54) is 19.3 Å². The lowest BCUT2D eigenvalue weighted by Gasteiger charge is -2.40. The molecule has 4 heteroatoms. The van der Waals surface area contributed by atoms with Gasteiger partial charge in [-0.2, -0.15) is 0 Å². The number of rotatable bonds is 3. The van der Waals surface area contributed by atoms with Crippen molar-refractivity contribution in [1.82, 2.24) is 5.32 Å². The molecule has 0 radical (unpaired) electrons. The van der Waals surface area contributed by atoms with E-state index in [1.54, 1.807) is 0 Å². The predicted octanol–water partition coefficient (Wildman–Crippen LogP) is 3.11. The quantitative estimate of drug-likeness (QED) is 0.841. The summed E-state index contributed by atoms with van der Waals surface area (Å²) >= 11 is 0. The average Bonchev–Trinajstić information content (AvgIpc) is 3.01. The van der Waals surface area contributed by atoms with E-state index in [0.29, 0.717) is 23.9 Å². The van der Waals surface area contributed by atoms with E-state index in [-0.39, 0.29) is 29.6 Å². The van der Waals surface area contributed by atoms with Crippen LogP contribution in [-0.4, -0.2) is 18.5 Å². The Morgan fingerprint density at radius 3 is 2.48 bits per heavy atom. The summed E-state index contributed by atoms with van der Waals surface area (Å²) in [7, 11) is 0. The Kier molecular flexibility index (Phi) is 4.66. The van der Waals surface area contributed by atoms with Crippen molar-refractivity contribution in [2.75, 3.05) is 6.54 Å². The second-order valence-electron chi connectivity index (χ2n) is 8.20. The summed E-state index contributed by atoms with van der Waals surface area (Å²) in [5, 5.41) is 3.42. The number of hydrogen-bond donors (Lipinski definition) is 2. The summed E-state index contributed by atoms with van der Waals surface area (Å²) < 4.78 is 0. The SMILES string of the molecule is CC1(C)C2CCC1(C)C(NC(=O)[C@@H]1CCC[C@@H]1CN)C2.Cl. The number of halogens is 1. The third kappa shape index (κ3) is 2.41. The van der Waals surface area contributed by atoms with Gasteiger partial charge in [-0.3, -0.25) is 4.79 Å². The molecule has 3 rings (SSSR count). The minimum atomic E-state index is 0. The lowest BCUT2D eigenvalue weighted by atomic mass is 9.69. The average molecular weight is 315 g/mol. The lowest BCUT2D eigenvalue weighted by molar-refractivity contribution is -0.127. The fourth-order valence-electron chi connectivity index (χ4n) is 5.36. The lowest BCUT2D eigenvalue weighted by Crippen LogP contribution is -2.49. The maximum Gasteiger partial charge on any atom is 0.223 e. The summed E-state index contributed by atoms with van der Waals surface area (Å²) in [5.41, 5.74) is 6.47. The summed E-state index contributed by atoms with van der Waals surface area (Å²) in [4.78, 5) is 12.6. The molecular weight excluding hydrogens is 284 g/mol. The van der Waals surface area contributed by atoms with Crippen LogP contribution >= 0.6 is 12.4 Å². The molecule has 0 aromatic carbocycles. The van der Waals surface area contributed by atoms with Gasteiger partial charge in [0, 0.05) is 12.0 Å². The van der Waals surface area contributed by atoms with Gasteiger partial charge >= 0.3 is 0 Å². The number of nitrogens with two attached hydrogens (primary N) is 1. The van der Waals surface area contributed by atoms with Gasteiger partial charge in [0.15, 0.2) is 0 Å². The Morgan fingerprint density at radius 1 is 1.24 bits per heavy atom. The van der Waals surface area contributed by atoms with Crippen LogP contribution in [0.1, 0.15) is 59.3 Å². The molecule has 2 bridgehead atoms. The van der Waals surface area contributed by atoms with Gasteiger partial charge < -0.3 is 11.1 Å². The standard InChI is InChI=1S/C17H30N2O.ClH/c1-16(2)12-7-8-17(16,3)14(9-12)19-15(20)13-6-4-5-11(13)10-18;/h11-14H,4-10,18H2,1-3H3,(H,19,20);1H/t11-,12?,13-,14?,17?;/m1./s1. The second-order valence-corrected chi connectivity index (χ2v) is 8.20. The minimum absolute atomic E-state index is 0. The smallest absolute Gasteiger partial charge is 0.223 e. The third-order valence-electron chi connectivity index (χ3n) is 7.41. The van der Waals surface area contributed by atoms with E-state index < -0.39 is 0 Å². The number of hydrogen-bond acceptors (Lipinski definition) is 2. The van der Waals surface area contributed by atoms with Crippen molar-refractivity contribution in [3.63, 3.8) is 0 Å². The Bertz CT molecular complexity index is 412. The van der Waals surface area contributed by atoms with Gasteiger partial charge in [0.2, 0.25) is 5.91 Å². The van der Waals surface area contributed by atoms with Crippen LogP contribution in [0.4, 0.5) is 0 Å². The first kappa shape index (κ1) is 17.1. The van der Waals surface area contributed by atoms with Gasteiger partial charge in [-0.05, 0) is 61.3 Å². The van der Waals surface area contributed by atoms with Gasteiger partial charge in [-0.1, -0.05) is 27.2 Å². The normalized spacial score (nSPS) is 43.6. The van der Waals surface area contributed by atoms with Gasteiger partial charge in [-0.15, -0.1) is 12.4 Å². The van der Waals surface area contributed by atoms with Crippen molar-refractivity contribution in [2.45, 2.75) is 65.3 Å². The van der Waals surface area contributed by atoms with Crippen LogP contribution in [0.15, 0.2) is 0 Å². The van der Waals surface area contributed by atoms with Crippen LogP contribution in [0, 0.1) is 28.6 Å². The number of carbonyl (C=O) groups excluding carboxylic acids is 1. The summed E-state index contributed by atoms with van der Waals surface area (Å²) in [5.74, 6) is 1.65. The van der Waals surface area contributed by atoms with Crippen LogP contribution < -0.4 is 11.1 Å². The van der Waals surface area contributed by atoms with E-state index in [9.17, 15) is 4.79 Å². The van der Waals surface area contributed by atoms with Crippen molar-refractivity contribution in [3.05, 3.63) is 0 Å². The maximum atomic E-state index is 12.6. The number of nitrogens with one attached hydrogen (secondary N) is 1. The van der Waals surface area contributed by atoms with Crippen LogP contribution in [0.3, 0.4) is 0 Å². The van der Waals surface area contributed by atoms with Gasteiger partial charge in [0.25, 0.3) is 0 Å². The molecule has 3 aliphatic rings. The zero-order valence-electron chi connectivity index (χ0n) is 13.7. The molecule has 0 saturated heterocycles. The fourth-order valence-corrected chi connectivity index (χ4v) is 5.36. The minimum Gasteiger partial charge on any atom is -0.353 e. The van der Waals surface area contributed by atoms with Crippen molar-refractivity contribution >= 4 is 18.3 Å². The summed E-state index contributed by atoms with van der Waals surface area (Å²) in [6.45, 7) is 7.85. The molecule has 1 amide bonds. The van der Waals surface area contributed by atoms with Crippen LogP contribution in [0.25, 0.3) is 0 Å². The van der Waals surface area contributed by atoms with E-state index in [2.05, 4.69) is 26.1 Å². The van der Waals surface area contributed by atoms with Crippen LogP contribution in [0.2, 0.25) is 0 Å². The molecular formula is C17H31ClN2O. The Morgan fingerprint density at radius 2 is 1.95 bits per heavy atom. The molecule has 5 atom stereocenters. The first-order valence-electron chi connectivity index (χ1n) is 8.40. The number of fused-ring (bicyclic) bond motifs is 2. The zero-order valence-corrected chi connectivity index (χ0v) is 14.5. The van der Waals surface area contributed by atoms with E-state index in [1.807, 2.05) is 0 Å². The Labute approximate surface area is 135 Å². The highest BCUT2D eigenvalue weighted by atomic mass is 35.5. The molecule has 21 heavy (non-hydrogen) atoms. The summed E-state index contributed by atoms with van der Waals surface area (Å²) in [6.07, 6.45) is 7.10. The van der Waals surface area contributed by atoms with Crippen molar-refractivity contribution in [1.29, 1.82) is 0 Å². The molecule has 0 spiro atoms. The second kappa shape index (κ2) is 5.73. The number of amides is 1. The Hall–Kier alpha value is -0.280. The highest BCUT2D eigenvalue weighted by Gasteiger charge is 2.61. The molecule has 0 aromatic rings. The predicted molar refractivity (Wildman–Crippen MR) is 88.3 cm³/mol. The molecule has 0 aliphatic heterocycles. The molecule has 3 unspecified atom stereocenters. The molecule has 3 fully saturated rings. The first-order valence-corrected chi connectivity index (χ1v) is 8.40. The topological polar surface area (TPSA) is 55.1 Å². The molecule has 0 aromatic heterocycles. The largest absolute Gasteiger partial charge is 0.353 e. The van der Waals surface area contributed by atoms with E-state index in [0.717, 1.165) is 25.2 Å².